The highest BCUT2D eigenvalue weighted by Gasteiger charge is 2.32. The zero-order chi connectivity index (χ0) is 13.5. The number of methoxy groups -OCH3 is 1. The highest BCUT2D eigenvalue weighted by Crippen LogP contribution is 2.17. The monoisotopic (exact) mass is 257 g/mol. The molecular weight excluding hydrogens is 238 g/mol. The third-order valence-electron chi connectivity index (χ3n) is 2.77. The third kappa shape index (κ3) is 3.99. The first-order valence-electron chi connectivity index (χ1n) is 5.98. The van der Waals surface area contributed by atoms with Crippen LogP contribution in [0.4, 0.5) is 4.79 Å². The summed E-state index contributed by atoms with van der Waals surface area (Å²) in [5.41, 5.74) is 0. The molecule has 1 unspecified atom stereocenters. The molecule has 3 amide bonds. The summed E-state index contributed by atoms with van der Waals surface area (Å²) < 4.78 is 4.67. The van der Waals surface area contributed by atoms with Crippen molar-refractivity contribution in [2.45, 2.75) is 25.8 Å². The van der Waals surface area contributed by atoms with E-state index in [4.69, 9.17) is 0 Å². The van der Waals surface area contributed by atoms with Gasteiger partial charge in [-0.2, -0.15) is 0 Å². The fourth-order valence-corrected chi connectivity index (χ4v) is 1.97. The number of ether oxygens (including phenoxy) is 1. The van der Waals surface area contributed by atoms with E-state index in [1.54, 1.807) is 11.8 Å². The standard InChI is InChI=1S/C11H19N3O4/c1-3-12-11(17)13-9(15)7-14-6-4-5-8(14)10(16)18-2/h8H,3-7H2,1-2H3,(H2,12,13,15,17). The lowest BCUT2D eigenvalue weighted by Gasteiger charge is -2.21. The minimum absolute atomic E-state index is 0.0247. The molecule has 102 valence electrons. The van der Waals surface area contributed by atoms with Gasteiger partial charge >= 0.3 is 12.0 Å². The molecule has 0 aromatic carbocycles. The van der Waals surface area contributed by atoms with E-state index in [0.717, 1.165) is 6.42 Å². The zero-order valence-corrected chi connectivity index (χ0v) is 10.7. The van der Waals surface area contributed by atoms with Crippen LogP contribution in [0, 0.1) is 0 Å². The summed E-state index contributed by atoms with van der Waals surface area (Å²) in [5.74, 6) is -0.755. The van der Waals surface area contributed by atoms with Crippen molar-refractivity contribution in [1.29, 1.82) is 0 Å². The van der Waals surface area contributed by atoms with Gasteiger partial charge in [-0.25, -0.2) is 4.79 Å². The van der Waals surface area contributed by atoms with E-state index < -0.39 is 11.9 Å². The van der Waals surface area contributed by atoms with Crippen molar-refractivity contribution >= 4 is 17.9 Å². The van der Waals surface area contributed by atoms with Crippen molar-refractivity contribution in [3.05, 3.63) is 0 Å². The Labute approximate surface area is 106 Å². The summed E-state index contributed by atoms with van der Waals surface area (Å²) in [7, 11) is 1.33. The van der Waals surface area contributed by atoms with Gasteiger partial charge in [0.15, 0.2) is 0 Å². The second-order valence-corrected chi connectivity index (χ2v) is 4.06. The van der Waals surface area contributed by atoms with Crippen molar-refractivity contribution in [2.24, 2.45) is 0 Å². The number of urea groups is 1. The molecule has 2 N–H and O–H groups in total. The van der Waals surface area contributed by atoms with Crippen LogP contribution >= 0.6 is 0 Å². The molecule has 18 heavy (non-hydrogen) atoms. The average molecular weight is 257 g/mol. The van der Waals surface area contributed by atoms with Gasteiger partial charge in [0.1, 0.15) is 6.04 Å². The van der Waals surface area contributed by atoms with E-state index in [1.165, 1.54) is 7.11 Å². The van der Waals surface area contributed by atoms with Gasteiger partial charge in [-0.1, -0.05) is 0 Å². The summed E-state index contributed by atoms with van der Waals surface area (Å²) in [6, 6.07) is -0.897. The normalized spacial score (nSPS) is 19.3. The minimum atomic E-state index is -0.517. The van der Waals surface area contributed by atoms with Crippen LogP contribution in [0.2, 0.25) is 0 Å². The van der Waals surface area contributed by atoms with Crippen LogP contribution in [0.5, 0.6) is 0 Å². The van der Waals surface area contributed by atoms with E-state index in [-0.39, 0.29) is 18.6 Å². The lowest BCUT2D eigenvalue weighted by atomic mass is 10.2. The Morgan fingerprint density at radius 1 is 1.39 bits per heavy atom. The Balaban J connectivity index is 2.43. The number of rotatable bonds is 4. The largest absolute Gasteiger partial charge is 0.468 e. The average Bonchev–Trinajstić information content (AvgIpc) is 2.76. The Hall–Kier alpha value is -1.63. The molecule has 1 saturated heterocycles. The lowest BCUT2D eigenvalue weighted by Crippen LogP contribution is -2.47. The highest BCUT2D eigenvalue weighted by molar-refractivity contribution is 5.95. The number of nitrogens with one attached hydrogen (secondary N) is 2. The molecule has 0 aromatic heterocycles. The third-order valence-corrected chi connectivity index (χ3v) is 2.77. The molecule has 0 saturated carbocycles. The number of carbonyl (C=O) groups is 3. The van der Waals surface area contributed by atoms with Crippen molar-refractivity contribution < 1.29 is 19.1 Å². The van der Waals surface area contributed by atoms with Gasteiger partial charge in [0.2, 0.25) is 5.91 Å². The molecule has 1 aliphatic heterocycles. The molecular formula is C11H19N3O4. The van der Waals surface area contributed by atoms with Crippen molar-refractivity contribution in [1.82, 2.24) is 15.5 Å². The van der Waals surface area contributed by atoms with E-state index in [2.05, 4.69) is 15.4 Å². The molecule has 1 rings (SSSR count). The van der Waals surface area contributed by atoms with Crippen LogP contribution in [0.3, 0.4) is 0 Å². The number of nitrogens with zero attached hydrogens (tertiary/aromatic N) is 1. The maximum absolute atomic E-state index is 11.6. The summed E-state index contributed by atoms with van der Waals surface area (Å²) in [6.07, 6.45) is 1.52. The maximum Gasteiger partial charge on any atom is 0.323 e. The van der Waals surface area contributed by atoms with Crippen LogP contribution in [-0.2, 0) is 14.3 Å². The van der Waals surface area contributed by atoms with Gasteiger partial charge in [0.05, 0.1) is 13.7 Å². The molecule has 1 aliphatic rings. The molecule has 7 heteroatoms. The molecule has 0 radical (unpaired) electrons. The molecule has 0 bridgehead atoms. The first-order chi connectivity index (χ1) is 8.58. The number of carbonyl (C=O) groups excluding carboxylic acids is 3. The highest BCUT2D eigenvalue weighted by atomic mass is 16.5. The molecule has 0 aliphatic carbocycles. The number of imide groups is 1. The first kappa shape index (κ1) is 14.4. The SMILES string of the molecule is CCNC(=O)NC(=O)CN1CCCC1C(=O)OC. The fourth-order valence-electron chi connectivity index (χ4n) is 1.97. The Kier molecular flexibility index (Phi) is 5.57. The number of esters is 1. The maximum atomic E-state index is 11.6. The predicted octanol–water partition coefficient (Wildman–Crippen LogP) is -0.530. The molecule has 0 spiro atoms. The van der Waals surface area contributed by atoms with E-state index in [1.807, 2.05) is 0 Å². The van der Waals surface area contributed by atoms with Crippen LogP contribution in [0.1, 0.15) is 19.8 Å². The molecule has 1 atom stereocenters. The number of hydrogen-bond donors (Lipinski definition) is 2. The molecule has 0 aromatic rings. The smallest absolute Gasteiger partial charge is 0.323 e. The van der Waals surface area contributed by atoms with Gasteiger partial charge in [-0.3, -0.25) is 19.8 Å². The summed E-state index contributed by atoms with van der Waals surface area (Å²) >= 11 is 0. The molecule has 1 heterocycles. The van der Waals surface area contributed by atoms with Crippen LogP contribution in [0.25, 0.3) is 0 Å². The lowest BCUT2D eigenvalue weighted by molar-refractivity contribution is -0.146. The number of hydrogen-bond acceptors (Lipinski definition) is 5. The fraction of sp³-hybridized carbons (Fsp3) is 0.727. The van der Waals surface area contributed by atoms with Gasteiger partial charge in [-0.05, 0) is 26.3 Å². The molecule has 1 fully saturated rings. The van der Waals surface area contributed by atoms with Gasteiger partial charge in [0, 0.05) is 6.54 Å². The predicted molar refractivity (Wildman–Crippen MR) is 63.8 cm³/mol. The second kappa shape index (κ2) is 6.95. The quantitative estimate of drug-likeness (QED) is 0.661. The van der Waals surface area contributed by atoms with Crippen LogP contribution in [0.15, 0.2) is 0 Å². The Bertz CT molecular complexity index is 332. The van der Waals surface area contributed by atoms with E-state index in [9.17, 15) is 14.4 Å². The topological polar surface area (TPSA) is 87.7 Å². The number of amides is 3. The second-order valence-electron chi connectivity index (χ2n) is 4.06. The van der Waals surface area contributed by atoms with Crippen molar-refractivity contribution in [2.75, 3.05) is 26.7 Å². The number of likely N-dealkylation sites (tertiary alicyclic amines) is 1. The zero-order valence-electron chi connectivity index (χ0n) is 10.7. The Morgan fingerprint density at radius 3 is 2.72 bits per heavy atom. The van der Waals surface area contributed by atoms with Gasteiger partial charge in [-0.15, -0.1) is 0 Å². The summed E-state index contributed by atoms with van der Waals surface area (Å²) in [5, 5.41) is 4.67. The van der Waals surface area contributed by atoms with E-state index >= 15 is 0 Å². The van der Waals surface area contributed by atoms with Gasteiger partial charge < -0.3 is 10.1 Å². The Morgan fingerprint density at radius 2 is 2.11 bits per heavy atom. The van der Waals surface area contributed by atoms with Crippen LogP contribution in [-0.4, -0.2) is 55.6 Å². The summed E-state index contributed by atoms with van der Waals surface area (Å²) in [6.45, 7) is 2.89. The first-order valence-corrected chi connectivity index (χ1v) is 5.98. The summed E-state index contributed by atoms with van der Waals surface area (Å²) in [4.78, 5) is 35.9. The van der Waals surface area contributed by atoms with Crippen molar-refractivity contribution in [3.63, 3.8) is 0 Å². The van der Waals surface area contributed by atoms with Gasteiger partial charge in [0.25, 0.3) is 0 Å². The van der Waals surface area contributed by atoms with Crippen molar-refractivity contribution in [3.8, 4) is 0 Å². The van der Waals surface area contributed by atoms with E-state index in [0.29, 0.717) is 19.5 Å². The molecule has 7 nitrogen and oxygen atoms in total. The minimum Gasteiger partial charge on any atom is -0.468 e. The van der Waals surface area contributed by atoms with Crippen LogP contribution < -0.4 is 10.6 Å².